The van der Waals surface area contributed by atoms with Gasteiger partial charge < -0.3 is 5.32 Å². The molecule has 0 atom stereocenters. The van der Waals surface area contributed by atoms with Crippen LogP contribution in [0.5, 0.6) is 0 Å². The average Bonchev–Trinajstić information content (AvgIpc) is 2.88. The highest BCUT2D eigenvalue weighted by Crippen LogP contribution is 2.33. The lowest BCUT2D eigenvalue weighted by Gasteiger charge is -2.14. The van der Waals surface area contributed by atoms with E-state index in [9.17, 15) is 9.59 Å². The molecule has 0 aliphatic carbocycles. The maximum Gasteiger partial charge on any atom is 0.266 e. The third-order valence-corrected chi connectivity index (χ3v) is 5.93. The molecular weight excluding hydrogens is 468 g/mol. The van der Waals surface area contributed by atoms with Crippen LogP contribution < -0.4 is 5.32 Å². The van der Waals surface area contributed by atoms with E-state index in [0.29, 0.717) is 19.9 Å². The van der Waals surface area contributed by atoms with Crippen LogP contribution in [-0.4, -0.2) is 27.6 Å². The molecule has 0 spiro atoms. The van der Waals surface area contributed by atoms with Crippen molar-refractivity contribution in [3.63, 3.8) is 0 Å². The number of carbonyl (C=O) groups is 2. The minimum absolute atomic E-state index is 0.127. The van der Waals surface area contributed by atoms with E-state index in [1.165, 1.54) is 16.7 Å². The largest absolute Gasteiger partial charge is 0.325 e. The van der Waals surface area contributed by atoms with Gasteiger partial charge in [0.15, 0.2) is 0 Å². The normalized spacial score (nSPS) is 15.5. The first-order valence-electron chi connectivity index (χ1n) is 7.99. The Kier molecular flexibility index (Phi) is 6.70. The Labute approximate surface area is 180 Å². The molecule has 2 amide bonds. The van der Waals surface area contributed by atoms with Crippen LogP contribution in [0.15, 0.2) is 57.9 Å². The van der Waals surface area contributed by atoms with E-state index in [1.807, 2.05) is 24.3 Å². The fraction of sp³-hybridized carbons (Fsp3) is 0.105. The smallest absolute Gasteiger partial charge is 0.266 e. The molecule has 1 aliphatic rings. The van der Waals surface area contributed by atoms with Gasteiger partial charge in [-0.25, -0.2) is 0 Å². The van der Waals surface area contributed by atoms with Crippen molar-refractivity contribution >= 4 is 79.4 Å². The van der Waals surface area contributed by atoms with E-state index < -0.39 is 0 Å². The summed E-state index contributed by atoms with van der Waals surface area (Å²) in [6, 6.07) is 14.6. The Hall–Kier alpha value is -1.67. The van der Waals surface area contributed by atoms with Crippen molar-refractivity contribution in [3.05, 3.63) is 68.5 Å². The first-order valence-corrected chi connectivity index (χ1v) is 10.4. The number of carbonyl (C=O) groups excluding carboxylic acids is 2. The van der Waals surface area contributed by atoms with Crippen molar-refractivity contribution in [3.8, 4) is 0 Å². The molecule has 138 valence electrons. The second-order valence-corrected chi connectivity index (χ2v) is 8.67. The van der Waals surface area contributed by atoms with Crippen LogP contribution in [0.3, 0.4) is 0 Å². The Morgan fingerprint density at radius 1 is 1.26 bits per heavy atom. The second kappa shape index (κ2) is 9.01. The van der Waals surface area contributed by atoms with Crippen molar-refractivity contribution < 1.29 is 9.59 Å². The van der Waals surface area contributed by atoms with E-state index in [4.69, 9.17) is 23.8 Å². The van der Waals surface area contributed by atoms with Crippen molar-refractivity contribution in [1.29, 1.82) is 0 Å². The van der Waals surface area contributed by atoms with Gasteiger partial charge in [0.05, 0.1) is 15.6 Å². The lowest BCUT2D eigenvalue weighted by Crippen LogP contribution is -2.31. The van der Waals surface area contributed by atoms with Gasteiger partial charge in [0.2, 0.25) is 5.91 Å². The highest BCUT2D eigenvalue weighted by molar-refractivity contribution is 9.10. The molecule has 0 aromatic heterocycles. The molecule has 2 aromatic carbocycles. The van der Waals surface area contributed by atoms with Gasteiger partial charge in [-0.05, 0) is 35.9 Å². The maximum absolute atomic E-state index is 12.6. The first kappa shape index (κ1) is 20.1. The van der Waals surface area contributed by atoms with Gasteiger partial charge in [0.1, 0.15) is 4.32 Å². The molecule has 1 heterocycles. The summed E-state index contributed by atoms with van der Waals surface area (Å²) >= 11 is 16.0. The summed E-state index contributed by atoms with van der Waals surface area (Å²) in [7, 11) is 0. The summed E-state index contributed by atoms with van der Waals surface area (Å²) in [5, 5.41) is 3.21. The van der Waals surface area contributed by atoms with E-state index in [2.05, 4.69) is 21.2 Å². The summed E-state index contributed by atoms with van der Waals surface area (Å²) in [6.45, 7) is 0.219. The summed E-state index contributed by atoms with van der Waals surface area (Å²) in [4.78, 5) is 26.8. The number of rotatable bonds is 5. The zero-order valence-electron chi connectivity index (χ0n) is 13.9. The molecule has 4 nitrogen and oxygen atoms in total. The number of anilines is 1. The van der Waals surface area contributed by atoms with Crippen molar-refractivity contribution in [2.75, 3.05) is 11.9 Å². The van der Waals surface area contributed by atoms with Crippen molar-refractivity contribution in [2.24, 2.45) is 0 Å². The quantitative estimate of drug-likeness (QED) is 0.463. The van der Waals surface area contributed by atoms with E-state index >= 15 is 0 Å². The van der Waals surface area contributed by atoms with Crippen molar-refractivity contribution in [1.82, 2.24) is 4.90 Å². The highest BCUT2D eigenvalue weighted by Gasteiger charge is 2.32. The Bertz CT molecular complexity index is 949. The number of thioether (sulfide) groups is 1. The molecule has 1 aliphatic heterocycles. The van der Waals surface area contributed by atoms with Gasteiger partial charge in [0.25, 0.3) is 5.91 Å². The zero-order valence-corrected chi connectivity index (χ0v) is 17.9. The number of thiocarbonyl (C=S) groups is 1. The van der Waals surface area contributed by atoms with Crippen LogP contribution in [-0.2, 0) is 9.59 Å². The molecule has 2 aromatic rings. The third kappa shape index (κ3) is 5.19. The van der Waals surface area contributed by atoms with Gasteiger partial charge >= 0.3 is 0 Å². The number of halogens is 2. The first-order chi connectivity index (χ1) is 12.9. The van der Waals surface area contributed by atoms with Crippen LogP contribution in [0, 0.1) is 0 Å². The second-order valence-electron chi connectivity index (χ2n) is 5.67. The standard InChI is InChI=1S/C19H14BrClN2O2S2/c20-13-5-3-4-12(10-13)11-16-18(25)23(19(26)27-16)9-8-17(24)22-15-7-2-1-6-14(15)21/h1-7,10-11H,8-9H2,(H,22,24)/b16-11+. The summed E-state index contributed by atoms with van der Waals surface area (Å²) < 4.78 is 1.38. The number of para-hydroxylation sites is 1. The van der Waals surface area contributed by atoms with E-state index in [0.717, 1.165) is 10.0 Å². The predicted octanol–water partition coefficient (Wildman–Crippen LogP) is 5.33. The highest BCUT2D eigenvalue weighted by atomic mass is 79.9. The maximum atomic E-state index is 12.6. The molecule has 8 heteroatoms. The Balaban J connectivity index is 1.62. The molecule has 3 rings (SSSR count). The number of hydrogen-bond acceptors (Lipinski definition) is 4. The molecule has 27 heavy (non-hydrogen) atoms. The fourth-order valence-electron chi connectivity index (χ4n) is 2.43. The summed E-state index contributed by atoms with van der Waals surface area (Å²) in [5.41, 5.74) is 1.45. The summed E-state index contributed by atoms with van der Waals surface area (Å²) in [5.74, 6) is -0.413. The molecule has 1 fully saturated rings. The van der Waals surface area contributed by atoms with Gasteiger partial charge in [-0.15, -0.1) is 0 Å². The molecule has 0 saturated carbocycles. The van der Waals surface area contributed by atoms with Crippen molar-refractivity contribution in [2.45, 2.75) is 6.42 Å². The predicted molar refractivity (Wildman–Crippen MR) is 119 cm³/mol. The van der Waals surface area contributed by atoms with Gasteiger partial charge in [-0.3, -0.25) is 14.5 Å². The minimum Gasteiger partial charge on any atom is -0.325 e. The molecular formula is C19H14BrClN2O2S2. The Morgan fingerprint density at radius 3 is 2.78 bits per heavy atom. The zero-order chi connectivity index (χ0) is 19.4. The van der Waals surface area contributed by atoms with Gasteiger partial charge in [-0.2, -0.15) is 0 Å². The van der Waals surface area contributed by atoms with Gasteiger partial charge in [0, 0.05) is 17.4 Å². The fourth-order valence-corrected chi connectivity index (χ4v) is 4.34. The monoisotopic (exact) mass is 480 g/mol. The van der Waals surface area contributed by atoms with Gasteiger partial charge in [-0.1, -0.05) is 75.8 Å². The lowest BCUT2D eigenvalue weighted by atomic mass is 10.2. The molecule has 1 saturated heterocycles. The van der Waals surface area contributed by atoms with E-state index in [-0.39, 0.29) is 24.8 Å². The number of hydrogen-bond donors (Lipinski definition) is 1. The van der Waals surface area contributed by atoms with Crippen LogP contribution in [0.4, 0.5) is 5.69 Å². The van der Waals surface area contributed by atoms with Crippen LogP contribution >= 0.6 is 51.5 Å². The SMILES string of the molecule is O=C(CCN1C(=O)/C(=C\c2cccc(Br)c2)SC1=S)Nc1ccccc1Cl. The molecule has 0 radical (unpaired) electrons. The minimum atomic E-state index is -0.229. The molecule has 1 N–H and O–H groups in total. The number of nitrogens with zero attached hydrogens (tertiary/aromatic N) is 1. The number of nitrogens with one attached hydrogen (secondary N) is 1. The Morgan fingerprint density at radius 2 is 2.04 bits per heavy atom. The topological polar surface area (TPSA) is 49.4 Å². The third-order valence-electron chi connectivity index (χ3n) is 3.73. The molecule has 0 bridgehead atoms. The number of benzene rings is 2. The molecule has 0 unspecified atom stereocenters. The lowest BCUT2D eigenvalue weighted by molar-refractivity contribution is -0.122. The average molecular weight is 482 g/mol. The summed E-state index contributed by atoms with van der Waals surface area (Å²) in [6.07, 6.45) is 1.93. The van der Waals surface area contributed by atoms with Crippen LogP contribution in [0.2, 0.25) is 5.02 Å². The number of amides is 2. The van der Waals surface area contributed by atoms with E-state index in [1.54, 1.807) is 30.3 Å². The van der Waals surface area contributed by atoms with Crippen LogP contribution in [0.25, 0.3) is 6.08 Å². The van der Waals surface area contributed by atoms with Crippen LogP contribution in [0.1, 0.15) is 12.0 Å².